The normalized spacial score (nSPS) is 36.1. The summed E-state index contributed by atoms with van der Waals surface area (Å²) in [5.41, 5.74) is -2.62. The molecule has 0 bridgehead atoms. The second kappa shape index (κ2) is 23.6. The Kier molecular flexibility index (Phi) is 18.3. The van der Waals surface area contributed by atoms with Gasteiger partial charge in [0.25, 0.3) is 11.8 Å². The van der Waals surface area contributed by atoms with Gasteiger partial charge in [-0.3, -0.25) is 23.9 Å². The number of aliphatic hydroxyl groups excluding tert-OH is 8. The minimum Gasteiger partial charge on any atom is -0.396 e. The lowest BCUT2D eigenvalue weighted by atomic mass is 9.75. The molecule has 0 aromatic carbocycles. The van der Waals surface area contributed by atoms with Gasteiger partial charge in [-0.05, 0) is 50.9 Å². The standard InChI is InChI=1S/C47H77N7O16/c1-4-28-16-29(42(64)48-11-12-49-43(65)32-19-54(52-51-32)21-46(22-56,23-57)24-58)17-33(39(28)69-45-38(63)37(62)35(60)25(2)67-45)70-47-18-31(47)30(20-55)36(61)40(41(47)50-26(3)59)68-34(44(66)53-13-8-14-53)15-27-9-6-5-7-10-27/h19,25,27-31,33-41,45,55-58,60-63H,4-18,20-24H2,1-3H3,(H,48,64)(H,49,65)(H,50,59)/t25?,28?,29?,30?,31?,33-,34+,35-,36+,37?,38?,39?,40?,41?,45+,47-/m1/s1. The zero-order chi connectivity index (χ0) is 50.5. The first kappa shape index (κ1) is 54.3. The van der Waals surface area contributed by atoms with Gasteiger partial charge < -0.3 is 80.6 Å². The summed E-state index contributed by atoms with van der Waals surface area (Å²) in [5.74, 6) is -3.71. The van der Waals surface area contributed by atoms with E-state index < -0.39 is 140 Å². The van der Waals surface area contributed by atoms with Crippen LogP contribution in [0.2, 0.25) is 0 Å². The summed E-state index contributed by atoms with van der Waals surface area (Å²) < 4.78 is 27.8. The predicted octanol–water partition coefficient (Wildman–Crippen LogP) is -2.68. The molecule has 0 radical (unpaired) electrons. The Morgan fingerprint density at radius 2 is 1.61 bits per heavy atom. The number of nitrogens with one attached hydrogen (secondary N) is 3. The van der Waals surface area contributed by atoms with Gasteiger partial charge in [-0.25, -0.2) is 0 Å². The van der Waals surface area contributed by atoms with Crippen LogP contribution in [0, 0.1) is 35.0 Å². The molecule has 23 nitrogen and oxygen atoms in total. The summed E-state index contributed by atoms with van der Waals surface area (Å²) in [6.45, 7) is 3.86. The highest BCUT2D eigenvalue weighted by molar-refractivity contribution is 5.91. The smallest absolute Gasteiger partial charge is 0.273 e. The topological polar surface area (TPSA) is 337 Å². The van der Waals surface area contributed by atoms with Crippen LogP contribution in [0.25, 0.3) is 0 Å². The molecule has 16 atom stereocenters. The van der Waals surface area contributed by atoms with Gasteiger partial charge in [-0.2, -0.15) is 0 Å². The predicted molar refractivity (Wildman–Crippen MR) is 244 cm³/mol. The SMILES string of the molecule is CCC1CC(C(=O)NCCNC(=O)c2cn(CC(CO)(CO)CO)nn2)C[C@@H](O[C@]23CC2C(CO)[C@H](O)C(O[C@@H](CC2CCCCC2)C(=O)N2CCC2)C3NC(C)=O)C1O[C@@H]1OC(C)[C@@H](O)C(O)C1O. The van der Waals surface area contributed by atoms with Crippen molar-refractivity contribution in [1.29, 1.82) is 0 Å². The number of hydrogen-bond donors (Lipinski definition) is 11. The van der Waals surface area contributed by atoms with Gasteiger partial charge >= 0.3 is 0 Å². The minimum atomic E-state index is -1.65. The Labute approximate surface area is 407 Å². The second-order valence-corrected chi connectivity index (χ2v) is 20.9. The Bertz CT molecular complexity index is 1910. The number of likely N-dealkylation sites (tertiary alicyclic amines) is 1. The van der Waals surface area contributed by atoms with Crippen LogP contribution in [0.5, 0.6) is 0 Å². The lowest BCUT2D eigenvalue weighted by molar-refractivity contribution is -0.323. The Morgan fingerprint density at radius 3 is 2.24 bits per heavy atom. The highest BCUT2D eigenvalue weighted by Crippen LogP contribution is 2.61. The number of ether oxygens (including phenoxy) is 4. The fourth-order valence-electron chi connectivity index (χ4n) is 11.5. The molecule has 6 aliphatic rings. The van der Waals surface area contributed by atoms with E-state index in [-0.39, 0.29) is 55.9 Å². The third kappa shape index (κ3) is 11.8. The molecule has 3 heterocycles. The number of carbonyl (C=O) groups is 4. The van der Waals surface area contributed by atoms with E-state index in [0.29, 0.717) is 32.4 Å². The molecule has 23 heteroatoms. The fraction of sp³-hybridized carbons (Fsp3) is 0.872. The summed E-state index contributed by atoms with van der Waals surface area (Å²) in [5, 5.41) is 101. The van der Waals surface area contributed by atoms with Crippen molar-refractivity contribution in [2.75, 3.05) is 52.6 Å². The van der Waals surface area contributed by atoms with E-state index in [9.17, 15) is 60.0 Å². The molecule has 4 aliphatic carbocycles. The van der Waals surface area contributed by atoms with Gasteiger partial charge in [0, 0.05) is 57.5 Å². The lowest BCUT2D eigenvalue weighted by Crippen LogP contribution is -2.66. The number of aliphatic hydroxyl groups is 8. The maximum Gasteiger partial charge on any atom is 0.273 e. The fourth-order valence-corrected chi connectivity index (χ4v) is 11.5. The van der Waals surface area contributed by atoms with Gasteiger partial charge in [0.05, 0.1) is 74.0 Å². The van der Waals surface area contributed by atoms with Crippen LogP contribution >= 0.6 is 0 Å². The summed E-state index contributed by atoms with van der Waals surface area (Å²) in [7, 11) is 0. The first-order valence-electron chi connectivity index (χ1n) is 25.3. The van der Waals surface area contributed by atoms with Crippen LogP contribution in [0.4, 0.5) is 0 Å². The zero-order valence-electron chi connectivity index (χ0n) is 40.6. The van der Waals surface area contributed by atoms with Crippen LogP contribution in [-0.4, -0.2) is 210 Å². The highest BCUT2D eigenvalue weighted by Gasteiger charge is 2.72. The van der Waals surface area contributed by atoms with Gasteiger partial charge in [0.1, 0.15) is 30.5 Å². The van der Waals surface area contributed by atoms with Gasteiger partial charge in [-0.15, -0.1) is 5.10 Å². The van der Waals surface area contributed by atoms with Crippen molar-refractivity contribution >= 4 is 23.6 Å². The van der Waals surface area contributed by atoms with E-state index in [4.69, 9.17) is 18.9 Å². The number of aromatic nitrogens is 3. The first-order valence-corrected chi connectivity index (χ1v) is 25.3. The van der Waals surface area contributed by atoms with Gasteiger partial charge in [0.2, 0.25) is 11.8 Å². The largest absolute Gasteiger partial charge is 0.396 e. The number of hydrogen-bond acceptors (Lipinski definition) is 18. The van der Waals surface area contributed by atoms with E-state index >= 15 is 0 Å². The third-order valence-corrected chi connectivity index (χ3v) is 16.0. The average Bonchev–Trinajstić information content (AvgIpc) is 3.86. The Balaban J connectivity index is 1.11. The van der Waals surface area contributed by atoms with E-state index in [1.807, 2.05) is 6.92 Å². The summed E-state index contributed by atoms with van der Waals surface area (Å²) in [6.07, 6.45) is -3.39. The molecular weight excluding hydrogens is 919 g/mol. The molecule has 6 fully saturated rings. The molecular formula is C47H77N7O16. The van der Waals surface area contributed by atoms with E-state index in [1.165, 1.54) is 24.7 Å². The van der Waals surface area contributed by atoms with Crippen LogP contribution in [0.1, 0.15) is 102 Å². The molecule has 2 aliphatic heterocycles. The lowest BCUT2D eigenvalue weighted by Gasteiger charge is -2.50. The highest BCUT2D eigenvalue weighted by atomic mass is 16.7. The molecule has 0 spiro atoms. The Morgan fingerprint density at radius 1 is 0.914 bits per heavy atom. The van der Waals surface area contributed by atoms with E-state index in [1.54, 1.807) is 4.90 Å². The molecule has 1 aromatic rings. The molecule has 1 aromatic heterocycles. The van der Waals surface area contributed by atoms with Crippen LogP contribution in [0.15, 0.2) is 6.20 Å². The van der Waals surface area contributed by atoms with Crippen LogP contribution in [-0.2, 0) is 39.9 Å². The molecule has 11 N–H and O–H groups in total. The number of fused-ring (bicyclic) bond motifs is 1. The molecule has 7 rings (SSSR count). The summed E-state index contributed by atoms with van der Waals surface area (Å²) in [6, 6.07) is -1.01. The molecule has 396 valence electrons. The van der Waals surface area contributed by atoms with Crippen molar-refractivity contribution in [3.8, 4) is 0 Å². The van der Waals surface area contributed by atoms with Crippen LogP contribution in [0.3, 0.4) is 0 Å². The van der Waals surface area contributed by atoms with Crippen molar-refractivity contribution < 1.29 is 79.0 Å². The number of rotatable bonds is 22. The summed E-state index contributed by atoms with van der Waals surface area (Å²) >= 11 is 0. The van der Waals surface area contributed by atoms with Gasteiger partial charge in [0.15, 0.2) is 12.0 Å². The number of carbonyl (C=O) groups excluding carboxylic acids is 4. The molecule has 4 saturated carbocycles. The molecule has 2 saturated heterocycles. The number of nitrogens with zero attached hydrogens (tertiary/aromatic N) is 4. The molecule has 70 heavy (non-hydrogen) atoms. The Hall–Kier alpha value is -3.46. The van der Waals surface area contributed by atoms with E-state index in [0.717, 1.165) is 38.5 Å². The minimum absolute atomic E-state index is 0.00159. The van der Waals surface area contributed by atoms with Crippen molar-refractivity contribution in [1.82, 2.24) is 35.8 Å². The van der Waals surface area contributed by atoms with Crippen molar-refractivity contribution in [2.24, 2.45) is 35.0 Å². The third-order valence-electron chi connectivity index (χ3n) is 16.0. The van der Waals surface area contributed by atoms with Crippen molar-refractivity contribution in [2.45, 2.75) is 171 Å². The quantitative estimate of drug-likeness (QED) is 0.0528. The maximum absolute atomic E-state index is 14.1. The van der Waals surface area contributed by atoms with E-state index in [2.05, 4.69) is 26.3 Å². The number of amides is 4. The zero-order valence-corrected chi connectivity index (χ0v) is 40.6. The first-order chi connectivity index (χ1) is 33.5. The maximum atomic E-state index is 14.1. The van der Waals surface area contributed by atoms with Crippen molar-refractivity contribution in [3.05, 3.63) is 11.9 Å². The molecule has 4 amide bonds. The van der Waals surface area contributed by atoms with Gasteiger partial charge in [-0.1, -0.05) is 50.7 Å². The second-order valence-electron chi connectivity index (χ2n) is 20.9. The molecule has 10 unspecified atom stereocenters. The van der Waals surface area contributed by atoms with Crippen LogP contribution < -0.4 is 16.0 Å². The monoisotopic (exact) mass is 996 g/mol. The average molecular weight is 996 g/mol. The van der Waals surface area contributed by atoms with Crippen molar-refractivity contribution in [3.63, 3.8) is 0 Å². The summed E-state index contributed by atoms with van der Waals surface area (Å²) in [4.78, 5) is 56.1.